The molecule has 0 aliphatic heterocycles. The van der Waals surface area contributed by atoms with E-state index in [4.69, 9.17) is 22.1 Å². The van der Waals surface area contributed by atoms with Gasteiger partial charge >= 0.3 is 0 Å². The lowest BCUT2D eigenvalue weighted by molar-refractivity contribution is 0.301. The van der Waals surface area contributed by atoms with E-state index in [2.05, 4.69) is 15.0 Å². The largest absolute Gasteiger partial charge is 0.486 e. The highest BCUT2D eigenvalue weighted by atomic mass is 35.5. The summed E-state index contributed by atoms with van der Waals surface area (Å²) in [5, 5.41) is 0.618. The molecule has 0 radical (unpaired) electrons. The molecule has 4 rings (SSSR count). The molecule has 0 atom stereocenters. The van der Waals surface area contributed by atoms with E-state index in [1.807, 2.05) is 18.2 Å². The Kier molecular flexibility index (Phi) is 4.56. The first-order valence-electron chi connectivity index (χ1n) is 8.16. The van der Waals surface area contributed by atoms with Crippen LogP contribution in [0.4, 0.5) is 10.2 Å². The van der Waals surface area contributed by atoms with Crippen molar-refractivity contribution in [3.8, 4) is 17.1 Å². The molecule has 0 aliphatic carbocycles. The topological polar surface area (TPSA) is 73.9 Å². The fourth-order valence-electron chi connectivity index (χ4n) is 2.69. The Hall–Kier alpha value is -3.25. The molecule has 0 amide bonds. The van der Waals surface area contributed by atoms with Crippen LogP contribution in [0.25, 0.3) is 22.3 Å². The molecule has 0 fully saturated rings. The van der Waals surface area contributed by atoms with Crippen LogP contribution in [0.1, 0.15) is 5.69 Å². The molecular weight excluding hydrogens is 367 g/mol. The van der Waals surface area contributed by atoms with Gasteiger partial charge in [-0.05, 0) is 42.5 Å². The lowest BCUT2D eigenvalue weighted by atomic mass is 10.1. The number of pyridine rings is 1. The Morgan fingerprint density at radius 2 is 1.93 bits per heavy atom. The molecule has 0 aliphatic rings. The number of halogens is 2. The Morgan fingerprint density at radius 1 is 1.04 bits per heavy atom. The maximum atomic E-state index is 13.9. The highest BCUT2D eigenvalue weighted by molar-refractivity contribution is 6.32. The summed E-state index contributed by atoms with van der Waals surface area (Å²) in [5.74, 6) is 0.516. The predicted octanol–water partition coefficient (Wildman–Crippen LogP) is 4.65. The van der Waals surface area contributed by atoms with Gasteiger partial charge < -0.3 is 10.5 Å². The van der Waals surface area contributed by atoms with Gasteiger partial charge in [-0.15, -0.1) is 0 Å². The van der Waals surface area contributed by atoms with Crippen molar-refractivity contribution in [3.05, 3.63) is 77.3 Å². The zero-order chi connectivity index (χ0) is 18.8. The van der Waals surface area contributed by atoms with Crippen LogP contribution in [-0.2, 0) is 6.61 Å². The van der Waals surface area contributed by atoms with E-state index in [1.54, 1.807) is 36.5 Å². The van der Waals surface area contributed by atoms with Crippen LogP contribution in [0.15, 0.2) is 60.8 Å². The molecule has 2 heterocycles. The van der Waals surface area contributed by atoms with Crippen molar-refractivity contribution < 1.29 is 9.13 Å². The number of fused-ring (bicyclic) bond motifs is 1. The summed E-state index contributed by atoms with van der Waals surface area (Å²) < 4.78 is 19.6. The molecular formula is C20H14ClFN4O. The van der Waals surface area contributed by atoms with Gasteiger partial charge in [-0.2, -0.15) is 0 Å². The minimum Gasteiger partial charge on any atom is -0.486 e. The maximum absolute atomic E-state index is 13.9. The van der Waals surface area contributed by atoms with Gasteiger partial charge in [0, 0.05) is 11.8 Å². The van der Waals surface area contributed by atoms with Gasteiger partial charge in [-0.25, -0.2) is 14.4 Å². The summed E-state index contributed by atoms with van der Waals surface area (Å²) in [7, 11) is 0. The van der Waals surface area contributed by atoms with Crippen LogP contribution in [0.5, 0.6) is 5.75 Å². The molecule has 0 unspecified atom stereocenters. The second kappa shape index (κ2) is 7.17. The van der Waals surface area contributed by atoms with Crippen molar-refractivity contribution in [2.45, 2.75) is 6.61 Å². The van der Waals surface area contributed by atoms with Crippen LogP contribution >= 0.6 is 11.6 Å². The molecule has 27 heavy (non-hydrogen) atoms. The average molecular weight is 381 g/mol. The summed E-state index contributed by atoms with van der Waals surface area (Å²) >= 11 is 6.34. The minimum atomic E-state index is -0.451. The van der Waals surface area contributed by atoms with E-state index in [-0.39, 0.29) is 11.2 Å². The molecule has 4 aromatic rings. The maximum Gasteiger partial charge on any atom is 0.162 e. The van der Waals surface area contributed by atoms with E-state index >= 15 is 0 Å². The third kappa shape index (κ3) is 3.52. The molecule has 5 nitrogen and oxygen atoms in total. The van der Waals surface area contributed by atoms with Crippen molar-refractivity contribution in [3.63, 3.8) is 0 Å². The summed E-state index contributed by atoms with van der Waals surface area (Å²) in [6.45, 7) is 0.304. The molecule has 7 heteroatoms. The highest BCUT2D eigenvalue weighted by Crippen LogP contribution is 2.31. The summed E-state index contributed by atoms with van der Waals surface area (Å²) in [4.78, 5) is 12.8. The van der Waals surface area contributed by atoms with E-state index in [0.717, 1.165) is 5.69 Å². The average Bonchev–Trinajstić information content (AvgIpc) is 2.67. The Bertz CT molecular complexity index is 1120. The first kappa shape index (κ1) is 17.2. The number of nitrogens with zero attached hydrogens (tertiary/aromatic N) is 3. The summed E-state index contributed by atoms with van der Waals surface area (Å²) in [5.41, 5.74) is 7.81. The van der Waals surface area contributed by atoms with Crippen molar-refractivity contribution in [1.29, 1.82) is 0 Å². The molecule has 134 valence electrons. The lowest BCUT2D eigenvalue weighted by Gasteiger charge is -2.10. The van der Waals surface area contributed by atoms with Crippen LogP contribution in [0, 0.1) is 5.82 Å². The van der Waals surface area contributed by atoms with Crippen molar-refractivity contribution in [2.24, 2.45) is 0 Å². The molecule has 2 aromatic carbocycles. The first-order chi connectivity index (χ1) is 13.1. The number of aromatic nitrogens is 3. The monoisotopic (exact) mass is 380 g/mol. The van der Waals surface area contributed by atoms with Crippen molar-refractivity contribution >= 4 is 28.3 Å². The van der Waals surface area contributed by atoms with E-state index in [1.165, 1.54) is 6.07 Å². The second-order valence-corrected chi connectivity index (χ2v) is 6.23. The lowest BCUT2D eigenvalue weighted by Crippen LogP contribution is -2.00. The normalized spacial score (nSPS) is 10.9. The molecule has 2 aromatic heterocycles. The van der Waals surface area contributed by atoms with E-state index in [9.17, 15) is 4.39 Å². The molecule has 0 saturated heterocycles. The summed E-state index contributed by atoms with van der Waals surface area (Å²) in [6, 6.07) is 15.4. The number of hydrogen-bond acceptors (Lipinski definition) is 5. The third-order valence-electron chi connectivity index (χ3n) is 3.99. The number of benzene rings is 2. The number of nitrogens with two attached hydrogens (primary N) is 1. The van der Waals surface area contributed by atoms with Crippen LogP contribution < -0.4 is 10.5 Å². The van der Waals surface area contributed by atoms with Gasteiger partial charge in [0.05, 0.1) is 21.6 Å². The Morgan fingerprint density at radius 3 is 2.70 bits per heavy atom. The van der Waals surface area contributed by atoms with Gasteiger partial charge in [0.2, 0.25) is 0 Å². The van der Waals surface area contributed by atoms with Gasteiger partial charge in [0.1, 0.15) is 24.0 Å². The standard InChI is InChI=1S/C20H14ClFN4O/c21-14-10-12(7-8-17(14)27-11-13-4-1-2-9-24-13)20-25-16-6-3-5-15(22)18(16)19(23)26-20/h1-10H,11H2,(H2,23,25,26). The van der Waals surface area contributed by atoms with Crippen LogP contribution in [0.3, 0.4) is 0 Å². The number of rotatable bonds is 4. The van der Waals surface area contributed by atoms with Gasteiger partial charge in [-0.3, -0.25) is 4.98 Å². The van der Waals surface area contributed by atoms with Gasteiger partial charge in [-0.1, -0.05) is 23.7 Å². The fraction of sp³-hybridized carbons (Fsp3) is 0.0500. The SMILES string of the molecule is Nc1nc(-c2ccc(OCc3ccccn3)c(Cl)c2)nc2cccc(F)c12. The summed E-state index contributed by atoms with van der Waals surface area (Å²) in [6.07, 6.45) is 1.70. The molecule has 2 N–H and O–H groups in total. The van der Waals surface area contributed by atoms with Gasteiger partial charge in [0.15, 0.2) is 5.82 Å². The molecule has 0 saturated carbocycles. The Balaban J connectivity index is 1.63. The highest BCUT2D eigenvalue weighted by Gasteiger charge is 2.12. The second-order valence-electron chi connectivity index (χ2n) is 5.82. The van der Waals surface area contributed by atoms with Crippen molar-refractivity contribution in [1.82, 2.24) is 15.0 Å². The van der Waals surface area contributed by atoms with E-state index in [0.29, 0.717) is 34.3 Å². The fourth-order valence-corrected chi connectivity index (χ4v) is 2.92. The number of anilines is 1. The van der Waals surface area contributed by atoms with Crippen molar-refractivity contribution in [2.75, 3.05) is 5.73 Å². The Labute approximate surface area is 159 Å². The molecule has 0 spiro atoms. The number of ether oxygens (including phenoxy) is 1. The van der Waals surface area contributed by atoms with Crippen LogP contribution in [-0.4, -0.2) is 15.0 Å². The van der Waals surface area contributed by atoms with Crippen LogP contribution in [0.2, 0.25) is 5.02 Å². The number of nitrogen functional groups attached to an aromatic ring is 1. The first-order valence-corrected chi connectivity index (χ1v) is 8.54. The zero-order valence-electron chi connectivity index (χ0n) is 14.1. The smallest absolute Gasteiger partial charge is 0.162 e. The quantitative estimate of drug-likeness (QED) is 0.558. The van der Waals surface area contributed by atoms with Gasteiger partial charge in [0.25, 0.3) is 0 Å². The minimum absolute atomic E-state index is 0.0831. The predicted molar refractivity (Wildman–Crippen MR) is 103 cm³/mol. The number of hydrogen-bond donors (Lipinski definition) is 1. The molecule has 0 bridgehead atoms. The third-order valence-corrected chi connectivity index (χ3v) is 4.29. The van der Waals surface area contributed by atoms with E-state index < -0.39 is 5.82 Å². The zero-order valence-corrected chi connectivity index (χ0v) is 14.8.